The number of carbonyl (C=O) groups excluding carboxylic acids is 1. The van der Waals surface area contributed by atoms with Gasteiger partial charge in [-0.2, -0.15) is 0 Å². The molecular formula is C21H23NO3. The molecule has 0 unspecified atom stereocenters. The zero-order chi connectivity index (χ0) is 17.1. The Morgan fingerprint density at radius 1 is 1.08 bits per heavy atom. The zero-order valence-corrected chi connectivity index (χ0v) is 14.3. The van der Waals surface area contributed by atoms with E-state index in [0.717, 1.165) is 11.3 Å². The summed E-state index contributed by atoms with van der Waals surface area (Å²) >= 11 is 0. The number of hydrogen-bond donors (Lipinski definition) is 0. The lowest BCUT2D eigenvalue weighted by Gasteiger charge is -2.31. The normalized spacial score (nSPS) is 19.0. The lowest BCUT2D eigenvalue weighted by Crippen LogP contribution is -2.22. The monoisotopic (exact) mass is 337 g/mol. The second-order valence-electron chi connectivity index (χ2n) is 6.90. The summed E-state index contributed by atoms with van der Waals surface area (Å²) in [5.41, 5.74) is 1.83. The zero-order valence-electron chi connectivity index (χ0n) is 14.3. The summed E-state index contributed by atoms with van der Waals surface area (Å²) in [6.07, 6.45) is 10.3. The largest absolute Gasteiger partial charge is 0.492 e. The number of ether oxygens (including phenoxy) is 2. The molecule has 4 rings (SSSR count). The summed E-state index contributed by atoms with van der Waals surface area (Å²) in [7, 11) is 0. The third-order valence-corrected chi connectivity index (χ3v) is 5.22. The Balaban J connectivity index is 1.61. The van der Waals surface area contributed by atoms with E-state index in [1.165, 1.54) is 32.1 Å². The van der Waals surface area contributed by atoms with E-state index in [-0.39, 0.29) is 11.9 Å². The summed E-state index contributed by atoms with van der Waals surface area (Å²) in [6.45, 7) is 0.450. The van der Waals surface area contributed by atoms with Gasteiger partial charge in [0.05, 0.1) is 12.2 Å². The molecule has 0 saturated heterocycles. The van der Waals surface area contributed by atoms with Gasteiger partial charge in [0, 0.05) is 30.8 Å². The van der Waals surface area contributed by atoms with Crippen LogP contribution < -0.4 is 9.47 Å². The molecule has 0 radical (unpaired) electrons. The van der Waals surface area contributed by atoms with Crippen molar-refractivity contribution in [3.8, 4) is 11.5 Å². The highest BCUT2D eigenvalue weighted by Gasteiger charge is 2.27. The SMILES string of the molecule is O=C1CCOc2cc(O[C@@H](c3ccncc3)C3CCCCC3)ccc21. The minimum atomic E-state index is 0.0145. The second kappa shape index (κ2) is 7.26. The highest BCUT2D eigenvalue weighted by atomic mass is 16.5. The number of rotatable bonds is 4. The van der Waals surface area contributed by atoms with Crippen LogP contribution in [0.15, 0.2) is 42.7 Å². The van der Waals surface area contributed by atoms with Crippen LogP contribution in [0.25, 0.3) is 0 Å². The molecule has 0 N–H and O–H groups in total. The number of pyridine rings is 1. The van der Waals surface area contributed by atoms with Gasteiger partial charge in [0.1, 0.15) is 17.6 Å². The maximum absolute atomic E-state index is 12.0. The Labute approximate surface area is 148 Å². The first-order valence-corrected chi connectivity index (χ1v) is 9.18. The molecule has 4 heteroatoms. The summed E-state index contributed by atoms with van der Waals surface area (Å²) in [4.78, 5) is 16.1. The second-order valence-corrected chi connectivity index (χ2v) is 6.90. The number of Topliss-reactive ketones (excluding diaryl/α,β-unsaturated/α-hetero) is 1. The van der Waals surface area contributed by atoms with E-state index in [1.807, 2.05) is 42.7 Å². The summed E-state index contributed by atoms with van der Waals surface area (Å²) < 4.78 is 12.1. The average molecular weight is 337 g/mol. The number of nitrogens with zero attached hydrogens (tertiary/aromatic N) is 1. The van der Waals surface area contributed by atoms with E-state index in [9.17, 15) is 4.79 Å². The molecule has 2 aromatic rings. The Kier molecular flexibility index (Phi) is 4.68. The lowest BCUT2D eigenvalue weighted by molar-refractivity contribution is 0.0929. The van der Waals surface area contributed by atoms with Gasteiger partial charge in [-0.15, -0.1) is 0 Å². The van der Waals surface area contributed by atoms with Crippen LogP contribution in [-0.2, 0) is 0 Å². The smallest absolute Gasteiger partial charge is 0.169 e. The third-order valence-electron chi connectivity index (χ3n) is 5.22. The average Bonchev–Trinajstić information content (AvgIpc) is 2.68. The van der Waals surface area contributed by atoms with Crippen LogP contribution in [0.2, 0.25) is 0 Å². The van der Waals surface area contributed by atoms with E-state index < -0.39 is 0 Å². The highest BCUT2D eigenvalue weighted by molar-refractivity contribution is 5.99. The molecule has 130 valence electrons. The van der Waals surface area contributed by atoms with Gasteiger partial charge in [-0.25, -0.2) is 0 Å². The topological polar surface area (TPSA) is 48.4 Å². The van der Waals surface area contributed by atoms with Gasteiger partial charge in [-0.1, -0.05) is 19.3 Å². The summed E-state index contributed by atoms with van der Waals surface area (Å²) in [5.74, 6) is 2.06. The highest BCUT2D eigenvalue weighted by Crippen LogP contribution is 2.39. The summed E-state index contributed by atoms with van der Waals surface area (Å²) in [5, 5.41) is 0. The van der Waals surface area contributed by atoms with Crippen LogP contribution in [0.5, 0.6) is 11.5 Å². The fourth-order valence-electron chi connectivity index (χ4n) is 3.89. The quantitative estimate of drug-likeness (QED) is 0.808. The minimum Gasteiger partial charge on any atom is -0.492 e. The van der Waals surface area contributed by atoms with E-state index in [0.29, 0.717) is 30.3 Å². The van der Waals surface area contributed by atoms with Crippen molar-refractivity contribution in [2.24, 2.45) is 5.92 Å². The van der Waals surface area contributed by atoms with Crippen molar-refractivity contribution >= 4 is 5.78 Å². The Bertz CT molecular complexity index is 738. The Hall–Kier alpha value is -2.36. The molecular weight excluding hydrogens is 314 g/mol. The molecule has 2 heterocycles. The number of fused-ring (bicyclic) bond motifs is 1. The number of benzene rings is 1. The first-order chi connectivity index (χ1) is 12.3. The molecule has 1 aliphatic heterocycles. The van der Waals surface area contributed by atoms with E-state index in [4.69, 9.17) is 9.47 Å². The van der Waals surface area contributed by atoms with Gasteiger partial charge in [0.2, 0.25) is 0 Å². The molecule has 1 fully saturated rings. The van der Waals surface area contributed by atoms with Crippen molar-refractivity contribution in [1.29, 1.82) is 0 Å². The molecule has 0 amide bonds. The van der Waals surface area contributed by atoms with Gasteiger partial charge in [-0.3, -0.25) is 9.78 Å². The van der Waals surface area contributed by atoms with Crippen LogP contribution in [0.3, 0.4) is 0 Å². The van der Waals surface area contributed by atoms with E-state index >= 15 is 0 Å². The number of ketones is 1. The van der Waals surface area contributed by atoms with Crippen LogP contribution in [0.4, 0.5) is 0 Å². The van der Waals surface area contributed by atoms with Crippen molar-refractivity contribution < 1.29 is 14.3 Å². The first kappa shape index (κ1) is 16.1. The predicted octanol–water partition coefficient (Wildman–Crippen LogP) is 4.75. The minimum absolute atomic E-state index is 0.0145. The molecule has 1 aliphatic carbocycles. The van der Waals surface area contributed by atoms with Crippen LogP contribution >= 0.6 is 0 Å². The number of aromatic nitrogens is 1. The molecule has 4 nitrogen and oxygen atoms in total. The molecule has 1 aromatic heterocycles. The molecule has 2 aliphatic rings. The van der Waals surface area contributed by atoms with Gasteiger partial charge in [0.25, 0.3) is 0 Å². The van der Waals surface area contributed by atoms with E-state index in [1.54, 1.807) is 0 Å². The van der Waals surface area contributed by atoms with Crippen LogP contribution in [-0.4, -0.2) is 17.4 Å². The third kappa shape index (κ3) is 3.53. The van der Waals surface area contributed by atoms with Crippen molar-refractivity contribution in [2.45, 2.75) is 44.6 Å². The number of carbonyl (C=O) groups is 1. The van der Waals surface area contributed by atoms with Crippen molar-refractivity contribution in [3.63, 3.8) is 0 Å². The fourth-order valence-corrected chi connectivity index (χ4v) is 3.89. The molecule has 0 bridgehead atoms. The van der Waals surface area contributed by atoms with E-state index in [2.05, 4.69) is 4.98 Å². The molecule has 1 atom stereocenters. The summed E-state index contributed by atoms with van der Waals surface area (Å²) in [6, 6.07) is 9.66. The standard InChI is InChI=1S/C21H23NO3/c23-19-10-13-24-20-14-17(6-7-18(19)20)25-21(15-4-2-1-3-5-15)16-8-11-22-12-9-16/h6-9,11-12,14-15,21H,1-5,10,13H2/t21-/m1/s1. The molecule has 1 aromatic carbocycles. The van der Waals surface area contributed by atoms with Gasteiger partial charge in [0.15, 0.2) is 5.78 Å². The Morgan fingerprint density at radius 2 is 1.88 bits per heavy atom. The maximum atomic E-state index is 12.0. The van der Waals surface area contributed by atoms with Crippen LogP contribution in [0, 0.1) is 5.92 Å². The number of hydrogen-bond acceptors (Lipinski definition) is 4. The molecule has 1 saturated carbocycles. The fraction of sp³-hybridized carbons (Fsp3) is 0.429. The van der Waals surface area contributed by atoms with Crippen molar-refractivity contribution in [3.05, 3.63) is 53.9 Å². The predicted molar refractivity (Wildman–Crippen MR) is 95.1 cm³/mol. The Morgan fingerprint density at radius 3 is 2.68 bits per heavy atom. The van der Waals surface area contributed by atoms with Crippen LogP contribution in [0.1, 0.15) is 60.6 Å². The first-order valence-electron chi connectivity index (χ1n) is 9.18. The molecule has 0 spiro atoms. The van der Waals surface area contributed by atoms with Crippen molar-refractivity contribution in [2.75, 3.05) is 6.61 Å². The van der Waals surface area contributed by atoms with Gasteiger partial charge >= 0.3 is 0 Å². The lowest BCUT2D eigenvalue weighted by atomic mass is 9.83. The van der Waals surface area contributed by atoms with Gasteiger partial charge < -0.3 is 9.47 Å². The van der Waals surface area contributed by atoms with Gasteiger partial charge in [-0.05, 0) is 42.7 Å². The van der Waals surface area contributed by atoms with Crippen molar-refractivity contribution in [1.82, 2.24) is 4.98 Å². The maximum Gasteiger partial charge on any atom is 0.169 e. The molecule has 25 heavy (non-hydrogen) atoms.